The van der Waals surface area contributed by atoms with E-state index in [0.29, 0.717) is 17.5 Å². The van der Waals surface area contributed by atoms with Gasteiger partial charge in [-0.3, -0.25) is 0 Å². The predicted octanol–water partition coefficient (Wildman–Crippen LogP) is 15.0. The molecule has 0 saturated heterocycles. The molecule has 0 N–H and O–H groups in total. The van der Waals surface area contributed by atoms with E-state index in [9.17, 15) is 0 Å². The number of rotatable bonds is 6. The van der Waals surface area contributed by atoms with Crippen LogP contribution in [0.1, 0.15) is 0 Å². The van der Waals surface area contributed by atoms with E-state index < -0.39 is 0 Å². The maximum atomic E-state index is 5.10. The van der Waals surface area contributed by atoms with Crippen LogP contribution in [-0.2, 0) is 0 Å². The quantitative estimate of drug-likeness (QED) is 0.157. The van der Waals surface area contributed by atoms with Gasteiger partial charge in [-0.15, -0.1) is 0 Å². The molecule has 0 radical (unpaired) electrons. The summed E-state index contributed by atoms with van der Waals surface area (Å²) in [6.45, 7) is 0. The van der Waals surface area contributed by atoms with Crippen LogP contribution in [0.15, 0.2) is 224 Å². The van der Waals surface area contributed by atoms with Crippen molar-refractivity contribution in [3.05, 3.63) is 224 Å². The van der Waals surface area contributed by atoms with E-state index in [-0.39, 0.29) is 0 Å². The first kappa shape index (κ1) is 36.0. The highest BCUT2D eigenvalue weighted by atomic mass is 15.0. The molecular formula is C59H37N5. The van der Waals surface area contributed by atoms with E-state index in [2.05, 4.69) is 173 Å². The molecule has 0 aliphatic rings. The zero-order valence-electron chi connectivity index (χ0n) is 34.6. The minimum atomic E-state index is 0.623. The highest BCUT2D eigenvalue weighted by molar-refractivity contribution is 6.38. The zero-order chi connectivity index (χ0) is 42.1. The first-order valence-corrected chi connectivity index (χ1v) is 21.7. The number of para-hydroxylation sites is 1. The fourth-order valence-corrected chi connectivity index (χ4v) is 9.92. The fraction of sp³-hybridized carbons (Fsp3) is 0. The van der Waals surface area contributed by atoms with Crippen molar-refractivity contribution in [2.24, 2.45) is 0 Å². The van der Waals surface area contributed by atoms with Crippen molar-refractivity contribution in [2.45, 2.75) is 0 Å². The summed E-state index contributed by atoms with van der Waals surface area (Å²) in [5.74, 6) is 1.90. The van der Waals surface area contributed by atoms with Gasteiger partial charge in [0, 0.05) is 55.0 Å². The number of fused-ring (bicyclic) bond motifs is 12. The summed E-state index contributed by atoms with van der Waals surface area (Å²) < 4.78 is 4.90. The molecule has 0 aliphatic heterocycles. The highest BCUT2D eigenvalue weighted by Gasteiger charge is 2.24. The molecule has 0 amide bonds. The lowest BCUT2D eigenvalue weighted by Gasteiger charge is -2.13. The number of benzene rings is 10. The van der Waals surface area contributed by atoms with Gasteiger partial charge in [0.15, 0.2) is 17.5 Å². The topological polar surface area (TPSA) is 48.5 Å². The second-order valence-electron chi connectivity index (χ2n) is 16.4. The zero-order valence-corrected chi connectivity index (χ0v) is 34.6. The first-order valence-electron chi connectivity index (χ1n) is 21.7. The van der Waals surface area contributed by atoms with Crippen molar-refractivity contribution in [1.29, 1.82) is 0 Å². The van der Waals surface area contributed by atoms with Gasteiger partial charge >= 0.3 is 0 Å². The van der Waals surface area contributed by atoms with Gasteiger partial charge < -0.3 is 9.13 Å². The molecule has 0 fully saturated rings. The predicted molar refractivity (Wildman–Crippen MR) is 265 cm³/mol. The van der Waals surface area contributed by atoms with Crippen molar-refractivity contribution in [2.75, 3.05) is 0 Å². The van der Waals surface area contributed by atoms with Gasteiger partial charge in [-0.2, -0.15) is 0 Å². The minimum absolute atomic E-state index is 0.623. The number of hydrogen-bond acceptors (Lipinski definition) is 3. The molecule has 3 aromatic heterocycles. The molecule has 10 aromatic carbocycles. The summed E-state index contributed by atoms with van der Waals surface area (Å²) in [6, 6.07) is 79.8. The Kier molecular flexibility index (Phi) is 8.15. The van der Waals surface area contributed by atoms with Crippen LogP contribution >= 0.6 is 0 Å². The molecule has 0 atom stereocenters. The second kappa shape index (κ2) is 14.5. The molecule has 5 nitrogen and oxygen atoms in total. The van der Waals surface area contributed by atoms with Crippen LogP contribution in [0.5, 0.6) is 0 Å². The standard InChI is InChI=1S/C59H37N5/c1-4-17-38(18-5-1)39-31-33-43(34-32-39)64-52-36-35-51-53(55(52)54-47-27-12-10-25-45(47)46-26-11-13-28-48(46)56(54)64)49-29-14-15-30-50(49)63(51)44-24-16-23-42(37-44)59-61-57(40-19-6-2-7-20-40)60-58(62-59)41-21-8-3-9-22-41/h1-37H. The Balaban J connectivity index is 1.09. The smallest absolute Gasteiger partial charge is 0.164 e. The molecule has 298 valence electrons. The molecule has 0 saturated carbocycles. The van der Waals surface area contributed by atoms with Crippen LogP contribution in [-0.4, -0.2) is 24.1 Å². The monoisotopic (exact) mass is 815 g/mol. The van der Waals surface area contributed by atoms with E-state index in [1.807, 2.05) is 60.7 Å². The Morgan fingerprint density at radius 3 is 1.36 bits per heavy atom. The Morgan fingerprint density at radius 1 is 0.250 bits per heavy atom. The van der Waals surface area contributed by atoms with Crippen LogP contribution < -0.4 is 0 Å². The molecule has 13 aromatic rings. The second-order valence-corrected chi connectivity index (χ2v) is 16.4. The Labute approximate surface area is 368 Å². The average molecular weight is 816 g/mol. The third kappa shape index (κ3) is 5.61. The van der Waals surface area contributed by atoms with Gasteiger partial charge in [-0.05, 0) is 69.8 Å². The molecule has 0 bridgehead atoms. The Hall–Kier alpha value is -8.67. The lowest BCUT2D eigenvalue weighted by atomic mass is 9.95. The maximum absolute atomic E-state index is 5.10. The van der Waals surface area contributed by atoms with Crippen molar-refractivity contribution < 1.29 is 0 Å². The van der Waals surface area contributed by atoms with Crippen LogP contribution in [0.2, 0.25) is 0 Å². The van der Waals surface area contributed by atoms with Gasteiger partial charge in [-0.1, -0.05) is 182 Å². The lowest BCUT2D eigenvalue weighted by molar-refractivity contribution is 1.07. The molecule has 0 spiro atoms. The number of aromatic nitrogens is 5. The summed E-state index contributed by atoms with van der Waals surface area (Å²) in [5, 5.41) is 9.88. The van der Waals surface area contributed by atoms with Crippen LogP contribution in [0.4, 0.5) is 0 Å². The first-order chi connectivity index (χ1) is 31.8. The molecule has 5 heteroatoms. The summed E-state index contributed by atoms with van der Waals surface area (Å²) in [6.07, 6.45) is 0. The number of hydrogen-bond donors (Lipinski definition) is 0. The third-order valence-electron chi connectivity index (χ3n) is 12.7. The molecule has 0 unspecified atom stereocenters. The lowest BCUT2D eigenvalue weighted by Crippen LogP contribution is -2.01. The van der Waals surface area contributed by atoms with Gasteiger partial charge in [0.05, 0.1) is 22.1 Å². The third-order valence-corrected chi connectivity index (χ3v) is 12.7. The van der Waals surface area contributed by atoms with Crippen LogP contribution in [0.3, 0.4) is 0 Å². The molecule has 13 rings (SSSR count). The summed E-state index contributed by atoms with van der Waals surface area (Å²) >= 11 is 0. The average Bonchev–Trinajstić information content (AvgIpc) is 3.91. The summed E-state index contributed by atoms with van der Waals surface area (Å²) in [7, 11) is 0. The SMILES string of the molecule is c1ccc(-c2ccc(-n3c4ccc5c(c6ccccc6n5-c5cccc(-c6nc(-c7ccccc7)nc(-c7ccccc7)n6)c5)c4c4c5ccccc5c5ccccc5c43)cc2)cc1. The van der Waals surface area contributed by atoms with E-state index in [4.69, 9.17) is 15.0 Å². The van der Waals surface area contributed by atoms with Crippen LogP contribution in [0, 0.1) is 0 Å². The Bertz CT molecular complexity index is 3870. The van der Waals surface area contributed by atoms with E-state index in [1.54, 1.807) is 0 Å². The van der Waals surface area contributed by atoms with Crippen molar-refractivity contribution in [3.63, 3.8) is 0 Å². The van der Waals surface area contributed by atoms with Crippen LogP contribution in [0.25, 0.3) is 122 Å². The summed E-state index contributed by atoms with van der Waals surface area (Å²) in [5.41, 5.74) is 12.0. The Morgan fingerprint density at radius 2 is 0.719 bits per heavy atom. The van der Waals surface area contributed by atoms with Gasteiger partial charge in [0.1, 0.15) is 0 Å². The molecule has 64 heavy (non-hydrogen) atoms. The summed E-state index contributed by atoms with van der Waals surface area (Å²) in [4.78, 5) is 15.2. The molecule has 3 heterocycles. The molecular weight excluding hydrogens is 779 g/mol. The van der Waals surface area contributed by atoms with E-state index >= 15 is 0 Å². The normalized spacial score (nSPS) is 11.8. The largest absolute Gasteiger partial charge is 0.309 e. The van der Waals surface area contributed by atoms with Crippen molar-refractivity contribution in [1.82, 2.24) is 24.1 Å². The van der Waals surface area contributed by atoms with Crippen molar-refractivity contribution >= 4 is 65.2 Å². The van der Waals surface area contributed by atoms with Gasteiger partial charge in [0.25, 0.3) is 0 Å². The fourth-order valence-electron chi connectivity index (χ4n) is 9.92. The maximum Gasteiger partial charge on any atom is 0.164 e. The molecule has 0 aliphatic carbocycles. The van der Waals surface area contributed by atoms with E-state index in [0.717, 1.165) is 39.1 Å². The number of nitrogens with zero attached hydrogens (tertiary/aromatic N) is 5. The van der Waals surface area contributed by atoms with Gasteiger partial charge in [0.2, 0.25) is 0 Å². The van der Waals surface area contributed by atoms with Gasteiger partial charge in [-0.25, -0.2) is 15.0 Å². The van der Waals surface area contributed by atoms with E-state index in [1.165, 1.54) is 65.3 Å². The van der Waals surface area contributed by atoms with Crippen molar-refractivity contribution in [3.8, 4) is 56.7 Å². The highest BCUT2D eigenvalue weighted by Crippen LogP contribution is 2.47. The minimum Gasteiger partial charge on any atom is -0.309 e.